The number of hydrogen-bond donors (Lipinski definition) is 1. The Bertz CT molecular complexity index is 554. The van der Waals surface area contributed by atoms with Gasteiger partial charge >= 0.3 is 5.97 Å². The second-order valence-corrected chi connectivity index (χ2v) is 5.30. The lowest BCUT2D eigenvalue weighted by molar-refractivity contribution is -0.140. The second kappa shape index (κ2) is 9.00. The van der Waals surface area contributed by atoms with Crippen molar-refractivity contribution in [3.05, 3.63) is 71.8 Å². The van der Waals surface area contributed by atoms with E-state index in [1.165, 1.54) is 18.2 Å². The summed E-state index contributed by atoms with van der Waals surface area (Å²) in [4.78, 5) is 11.3. The van der Waals surface area contributed by atoms with Crippen LogP contribution in [0.25, 0.3) is 0 Å². The van der Waals surface area contributed by atoms with Crippen molar-refractivity contribution in [2.24, 2.45) is 0 Å². The van der Waals surface area contributed by atoms with Crippen molar-refractivity contribution in [2.45, 2.75) is 31.8 Å². The van der Waals surface area contributed by atoms with Crippen molar-refractivity contribution in [3.8, 4) is 0 Å². The molecule has 0 saturated heterocycles. The molecule has 0 heterocycles. The molecule has 0 saturated carbocycles. The minimum absolute atomic E-state index is 0.144. The molecule has 2 rings (SSSR count). The second-order valence-electron chi connectivity index (χ2n) is 5.30. The van der Waals surface area contributed by atoms with Crippen LogP contribution in [0.5, 0.6) is 0 Å². The highest BCUT2D eigenvalue weighted by Crippen LogP contribution is 2.20. The molecule has 0 aromatic heterocycles. The zero-order valence-corrected chi connectivity index (χ0v) is 13.0. The van der Waals surface area contributed by atoms with Gasteiger partial charge in [-0.3, -0.25) is 4.79 Å². The van der Waals surface area contributed by atoms with E-state index in [9.17, 15) is 4.79 Å². The van der Waals surface area contributed by atoms with Crippen LogP contribution < -0.4 is 5.32 Å². The Balaban J connectivity index is 1.94. The molecule has 116 valence electrons. The molecule has 1 N–H and O–H groups in total. The highest BCUT2D eigenvalue weighted by molar-refractivity contribution is 5.69. The Hall–Kier alpha value is -2.13. The summed E-state index contributed by atoms with van der Waals surface area (Å²) in [5.41, 5.74) is 2.51. The highest BCUT2D eigenvalue weighted by Gasteiger charge is 2.11. The van der Waals surface area contributed by atoms with Gasteiger partial charge in [0.2, 0.25) is 0 Å². The number of benzene rings is 2. The first-order valence-electron chi connectivity index (χ1n) is 7.68. The maximum atomic E-state index is 11.3. The molecule has 0 radical (unpaired) electrons. The lowest BCUT2D eigenvalue weighted by atomic mass is 10.0. The van der Waals surface area contributed by atoms with E-state index in [2.05, 4.69) is 29.6 Å². The van der Waals surface area contributed by atoms with E-state index in [0.717, 1.165) is 19.4 Å². The molecule has 3 nitrogen and oxygen atoms in total. The molecule has 22 heavy (non-hydrogen) atoms. The number of ether oxygens (including phenoxy) is 1. The van der Waals surface area contributed by atoms with Gasteiger partial charge in [-0.05, 0) is 24.0 Å². The van der Waals surface area contributed by atoms with Gasteiger partial charge < -0.3 is 10.1 Å². The van der Waals surface area contributed by atoms with Crippen molar-refractivity contribution in [2.75, 3.05) is 7.11 Å². The average molecular weight is 297 g/mol. The van der Waals surface area contributed by atoms with Crippen LogP contribution in [-0.4, -0.2) is 13.1 Å². The molecule has 2 aromatic rings. The number of carbonyl (C=O) groups is 1. The van der Waals surface area contributed by atoms with E-state index in [1.54, 1.807) is 0 Å². The number of rotatable bonds is 8. The van der Waals surface area contributed by atoms with Gasteiger partial charge in [0.15, 0.2) is 0 Å². The Kier molecular flexibility index (Phi) is 6.65. The minimum atomic E-state index is -0.144. The van der Waals surface area contributed by atoms with E-state index in [-0.39, 0.29) is 12.0 Å². The predicted octanol–water partition coefficient (Wildman–Crippen LogP) is 3.86. The normalized spacial score (nSPS) is 11.9. The van der Waals surface area contributed by atoms with E-state index < -0.39 is 0 Å². The van der Waals surface area contributed by atoms with Crippen molar-refractivity contribution in [1.29, 1.82) is 0 Å². The lowest BCUT2D eigenvalue weighted by Gasteiger charge is -2.19. The molecular formula is C19H23NO2. The first-order chi connectivity index (χ1) is 10.8. The molecule has 0 amide bonds. The minimum Gasteiger partial charge on any atom is -0.469 e. The molecule has 0 bridgehead atoms. The standard InChI is InChI=1S/C19H23NO2/c1-22-19(21)14-8-13-18(17-11-6-3-7-12-17)20-15-16-9-4-2-5-10-16/h2-7,9-12,18,20H,8,13-15H2,1H3/t18-/m0/s1. The Morgan fingerprint density at radius 3 is 2.32 bits per heavy atom. The molecule has 0 aliphatic heterocycles. The van der Waals surface area contributed by atoms with Crippen molar-refractivity contribution >= 4 is 5.97 Å². The summed E-state index contributed by atoms with van der Waals surface area (Å²) in [7, 11) is 1.44. The van der Waals surface area contributed by atoms with Crippen LogP contribution in [-0.2, 0) is 16.1 Å². The molecule has 0 spiro atoms. The summed E-state index contributed by atoms with van der Waals surface area (Å²) in [5.74, 6) is -0.144. The third-order valence-electron chi connectivity index (χ3n) is 3.70. The maximum Gasteiger partial charge on any atom is 0.305 e. The molecular weight excluding hydrogens is 274 g/mol. The lowest BCUT2D eigenvalue weighted by Crippen LogP contribution is -2.21. The highest BCUT2D eigenvalue weighted by atomic mass is 16.5. The Labute approximate surface area is 132 Å². The maximum absolute atomic E-state index is 11.3. The van der Waals surface area contributed by atoms with Crippen LogP contribution in [0, 0.1) is 0 Å². The van der Waals surface area contributed by atoms with Crippen LogP contribution in [0.3, 0.4) is 0 Å². The third kappa shape index (κ3) is 5.34. The number of esters is 1. The van der Waals surface area contributed by atoms with Crippen molar-refractivity contribution in [3.63, 3.8) is 0 Å². The van der Waals surface area contributed by atoms with Gasteiger partial charge in [0.05, 0.1) is 7.11 Å². The van der Waals surface area contributed by atoms with Crippen molar-refractivity contribution < 1.29 is 9.53 Å². The molecule has 1 atom stereocenters. The molecule has 0 fully saturated rings. The average Bonchev–Trinajstić information content (AvgIpc) is 2.59. The number of carbonyl (C=O) groups excluding carboxylic acids is 1. The van der Waals surface area contributed by atoms with Gasteiger partial charge in [-0.2, -0.15) is 0 Å². The fourth-order valence-corrected chi connectivity index (χ4v) is 2.46. The van der Waals surface area contributed by atoms with E-state index in [4.69, 9.17) is 4.74 Å². The largest absolute Gasteiger partial charge is 0.469 e. The first kappa shape index (κ1) is 16.2. The number of methoxy groups -OCH3 is 1. The number of hydrogen-bond acceptors (Lipinski definition) is 3. The van der Waals surface area contributed by atoms with Crippen molar-refractivity contribution in [1.82, 2.24) is 5.32 Å². The fraction of sp³-hybridized carbons (Fsp3) is 0.316. The molecule has 0 aliphatic carbocycles. The van der Waals surface area contributed by atoms with Crippen LogP contribution in [0.2, 0.25) is 0 Å². The van der Waals surface area contributed by atoms with Gasteiger partial charge in [0.25, 0.3) is 0 Å². The topological polar surface area (TPSA) is 38.3 Å². The van der Waals surface area contributed by atoms with E-state index >= 15 is 0 Å². The first-order valence-corrected chi connectivity index (χ1v) is 7.68. The Morgan fingerprint density at radius 1 is 1.05 bits per heavy atom. The van der Waals surface area contributed by atoms with Gasteiger partial charge in [-0.15, -0.1) is 0 Å². The van der Waals surface area contributed by atoms with Gasteiger partial charge in [0.1, 0.15) is 0 Å². The molecule has 0 aliphatic rings. The van der Waals surface area contributed by atoms with Crippen LogP contribution >= 0.6 is 0 Å². The molecule has 3 heteroatoms. The van der Waals surface area contributed by atoms with Gasteiger partial charge in [-0.1, -0.05) is 60.7 Å². The van der Waals surface area contributed by atoms with Crippen LogP contribution in [0.1, 0.15) is 36.4 Å². The van der Waals surface area contributed by atoms with Gasteiger partial charge in [-0.25, -0.2) is 0 Å². The van der Waals surface area contributed by atoms with Crippen LogP contribution in [0.15, 0.2) is 60.7 Å². The summed E-state index contributed by atoms with van der Waals surface area (Å²) in [6.45, 7) is 0.818. The molecule has 0 unspecified atom stereocenters. The summed E-state index contributed by atoms with van der Waals surface area (Å²) >= 11 is 0. The van der Waals surface area contributed by atoms with Gasteiger partial charge in [0, 0.05) is 19.0 Å². The van der Waals surface area contributed by atoms with E-state index in [0.29, 0.717) is 6.42 Å². The zero-order valence-electron chi connectivity index (χ0n) is 13.0. The van der Waals surface area contributed by atoms with E-state index in [1.807, 2.05) is 36.4 Å². The predicted molar refractivity (Wildman–Crippen MR) is 88.3 cm³/mol. The third-order valence-corrected chi connectivity index (χ3v) is 3.70. The summed E-state index contributed by atoms with van der Waals surface area (Å²) in [6.07, 6.45) is 2.19. The van der Waals surface area contributed by atoms with Crippen LogP contribution in [0.4, 0.5) is 0 Å². The number of nitrogens with one attached hydrogen (secondary N) is 1. The summed E-state index contributed by atoms with van der Waals surface area (Å²) < 4.78 is 4.71. The summed E-state index contributed by atoms with van der Waals surface area (Å²) in [5, 5.41) is 3.59. The smallest absolute Gasteiger partial charge is 0.305 e. The summed E-state index contributed by atoms with van der Waals surface area (Å²) in [6, 6.07) is 21.0. The quantitative estimate of drug-likeness (QED) is 0.752. The molecule has 2 aromatic carbocycles. The zero-order chi connectivity index (χ0) is 15.6. The SMILES string of the molecule is COC(=O)CCC[C@H](NCc1ccccc1)c1ccccc1. The Morgan fingerprint density at radius 2 is 1.68 bits per heavy atom. The fourth-order valence-electron chi connectivity index (χ4n) is 2.46. The monoisotopic (exact) mass is 297 g/mol.